The summed E-state index contributed by atoms with van der Waals surface area (Å²) in [5.74, 6) is 0. The van der Waals surface area contributed by atoms with Crippen molar-refractivity contribution in [3.8, 4) is 11.1 Å². The van der Waals surface area contributed by atoms with Crippen LogP contribution in [0.3, 0.4) is 0 Å². The molecule has 0 unspecified atom stereocenters. The second-order valence-electron chi connectivity index (χ2n) is 5.45. The molecule has 0 aromatic heterocycles. The third-order valence-electron chi connectivity index (χ3n) is 3.42. The quantitative estimate of drug-likeness (QED) is 0.222. The molecule has 4 N–H and O–H groups in total. The Labute approximate surface area is 300 Å². The molecule has 0 heterocycles. The molecule has 0 fully saturated rings. The second kappa shape index (κ2) is 14.6. The average Bonchev–Trinajstić information content (AvgIpc) is 2.50. The van der Waals surface area contributed by atoms with Gasteiger partial charge in [-0.05, 0) is 24.3 Å². The molecule has 0 aliphatic carbocycles. The molecule has 0 spiro atoms. The van der Waals surface area contributed by atoms with E-state index in [0.717, 1.165) is 0 Å². The van der Waals surface area contributed by atoms with Gasteiger partial charge in [0.15, 0.2) is 0 Å². The van der Waals surface area contributed by atoms with Crippen LogP contribution in [0.5, 0.6) is 0 Å². The molecule has 22 heteroatoms. The van der Waals surface area contributed by atoms with Gasteiger partial charge in [-0.3, -0.25) is 18.2 Å². The maximum absolute atomic E-state index is 11.9. The number of rotatable bonds is 5. The third-order valence-corrected chi connectivity index (χ3v) is 7.85. The molecule has 2 aromatic rings. The zero-order valence-corrected chi connectivity index (χ0v) is 20.2. The first-order valence-corrected chi connectivity index (χ1v) is 14.2. The van der Waals surface area contributed by atoms with Crippen LogP contribution in [0.4, 0.5) is 0 Å². The molecule has 12 nitrogen and oxygen atoms in total. The summed E-state index contributed by atoms with van der Waals surface area (Å²) < 4.78 is 132. The Hall–Kier alpha value is 3.04. The van der Waals surface area contributed by atoms with Gasteiger partial charge in [0.1, 0.15) is 19.6 Å². The molecule has 0 atom stereocenters. The van der Waals surface area contributed by atoms with Gasteiger partial charge in [0.2, 0.25) is 0 Å². The monoisotopic (exact) mass is 726 g/mol. The van der Waals surface area contributed by atoms with E-state index in [4.69, 9.17) is 0 Å². The number of benzene rings is 2. The molecule has 2 aromatic carbocycles. The molecule has 0 saturated heterocycles. The van der Waals surface area contributed by atoms with E-state index in [1.807, 2.05) is 0 Å². The van der Waals surface area contributed by atoms with Gasteiger partial charge in [-0.1, -0.05) is 31.9 Å². The SMILES string of the molecule is O=S(=O)(O)c1cc(Br)cc(S(=O)(=O)O)c1-c1c(S(=O)(=O)O)cc(Br)cc1S(=O)(=O)O.[NaH].[NaH].[NaH].[NaH]. The van der Waals surface area contributed by atoms with E-state index in [0.29, 0.717) is 24.3 Å². The summed E-state index contributed by atoms with van der Waals surface area (Å²) in [7, 11) is -21.6. The zero-order valence-electron chi connectivity index (χ0n) is 13.8. The Bertz CT molecular complexity index is 1290. The van der Waals surface area contributed by atoms with Crippen molar-refractivity contribution >= 4 is 191 Å². The summed E-state index contributed by atoms with van der Waals surface area (Å²) in [4.78, 5) is -5.44. The minimum absolute atomic E-state index is 0. The van der Waals surface area contributed by atoms with Crippen molar-refractivity contribution in [3.63, 3.8) is 0 Å². The second-order valence-corrected chi connectivity index (χ2v) is 12.8. The van der Waals surface area contributed by atoms with E-state index in [1.54, 1.807) is 0 Å². The summed E-state index contributed by atoms with van der Waals surface area (Å²) in [5, 5.41) is 0. The van der Waals surface area contributed by atoms with Gasteiger partial charge in [-0.25, -0.2) is 0 Å². The van der Waals surface area contributed by atoms with Crippen LogP contribution in [0.25, 0.3) is 11.1 Å². The fourth-order valence-corrected chi connectivity index (χ4v) is 7.06. The Morgan fingerprint density at radius 1 is 0.441 bits per heavy atom. The van der Waals surface area contributed by atoms with E-state index < -0.39 is 71.2 Å². The first kappa shape index (κ1) is 41.5. The molecule has 0 amide bonds. The number of hydrogen-bond acceptors (Lipinski definition) is 8. The summed E-state index contributed by atoms with van der Waals surface area (Å²) in [6, 6.07) is 2.29. The standard InChI is InChI=1S/C12H8Br2O12S4.4Na.4H/c13-5-1-7(27(15,16)17)11(8(2-5)28(18,19)20)12-9(29(21,22)23)3-6(14)4-10(12)30(24,25)26;;;;;;;;/h1-4H,(H,15,16,17)(H,18,19,20)(H,21,22,23)(H,24,25,26);;;;;;;;. The van der Waals surface area contributed by atoms with Crippen LogP contribution in [0, 0.1) is 0 Å². The Balaban J connectivity index is -0.00000240. The third kappa shape index (κ3) is 10.2. The van der Waals surface area contributed by atoms with Crippen LogP contribution < -0.4 is 0 Å². The molecular weight excluding hydrogens is 716 g/mol. The summed E-state index contributed by atoms with van der Waals surface area (Å²) in [5.41, 5.74) is -2.67. The summed E-state index contributed by atoms with van der Waals surface area (Å²) in [6.07, 6.45) is 0. The van der Waals surface area contributed by atoms with E-state index in [9.17, 15) is 51.9 Å². The molecule has 0 saturated carbocycles. The van der Waals surface area contributed by atoms with Gasteiger partial charge in [0, 0.05) is 20.1 Å². The Morgan fingerprint density at radius 2 is 0.588 bits per heavy atom. The predicted octanol–water partition coefficient (Wildman–Crippen LogP) is -0.729. The summed E-state index contributed by atoms with van der Waals surface area (Å²) >= 11 is 5.48. The van der Waals surface area contributed by atoms with Gasteiger partial charge in [0.25, 0.3) is 40.5 Å². The van der Waals surface area contributed by atoms with Crippen LogP contribution in [0.15, 0.2) is 52.8 Å². The molecular formula is C12H12Br2Na4O12S4. The molecule has 0 aliphatic heterocycles. The summed E-state index contributed by atoms with van der Waals surface area (Å²) in [6.45, 7) is 0. The van der Waals surface area contributed by atoms with Crippen LogP contribution in [-0.4, -0.2) is 170 Å². The average molecular weight is 728 g/mol. The van der Waals surface area contributed by atoms with Crippen molar-refractivity contribution in [3.05, 3.63) is 33.2 Å². The van der Waals surface area contributed by atoms with E-state index in [2.05, 4.69) is 31.9 Å². The fraction of sp³-hybridized carbons (Fsp3) is 0. The zero-order chi connectivity index (χ0) is 23.4. The molecule has 174 valence electrons. The van der Waals surface area contributed by atoms with Crippen LogP contribution in [0.1, 0.15) is 0 Å². The normalized spacial score (nSPS) is 11.8. The van der Waals surface area contributed by atoms with E-state index in [1.165, 1.54) is 0 Å². The van der Waals surface area contributed by atoms with Crippen LogP contribution in [-0.2, 0) is 40.5 Å². The molecule has 0 radical (unpaired) electrons. The van der Waals surface area contributed by atoms with Gasteiger partial charge < -0.3 is 0 Å². The number of halogens is 2. The van der Waals surface area contributed by atoms with Crippen molar-refractivity contribution < 1.29 is 51.9 Å². The van der Waals surface area contributed by atoms with Crippen LogP contribution in [0.2, 0.25) is 0 Å². The van der Waals surface area contributed by atoms with Gasteiger partial charge >= 0.3 is 118 Å². The minimum atomic E-state index is -5.39. The maximum atomic E-state index is 11.9. The Kier molecular flexibility index (Phi) is 17.8. The number of hydrogen-bond donors (Lipinski definition) is 4. The van der Waals surface area contributed by atoms with Crippen molar-refractivity contribution in [2.24, 2.45) is 0 Å². The molecule has 2 rings (SSSR count). The van der Waals surface area contributed by atoms with Gasteiger partial charge in [-0.2, -0.15) is 33.7 Å². The Morgan fingerprint density at radius 3 is 0.706 bits per heavy atom. The van der Waals surface area contributed by atoms with E-state index in [-0.39, 0.29) is 127 Å². The van der Waals surface area contributed by atoms with Crippen molar-refractivity contribution in [1.29, 1.82) is 0 Å². The fourth-order valence-electron chi connectivity index (χ4n) is 2.42. The van der Waals surface area contributed by atoms with Gasteiger partial charge in [-0.15, -0.1) is 0 Å². The first-order chi connectivity index (χ1) is 13.2. The van der Waals surface area contributed by atoms with Crippen LogP contribution >= 0.6 is 31.9 Å². The first-order valence-electron chi connectivity index (χ1n) is 6.82. The van der Waals surface area contributed by atoms with Gasteiger partial charge in [0.05, 0.1) is 0 Å². The van der Waals surface area contributed by atoms with Crippen molar-refractivity contribution in [1.82, 2.24) is 0 Å². The van der Waals surface area contributed by atoms with Crippen molar-refractivity contribution in [2.75, 3.05) is 0 Å². The molecule has 0 bridgehead atoms. The van der Waals surface area contributed by atoms with Crippen molar-refractivity contribution in [2.45, 2.75) is 19.6 Å². The molecule has 34 heavy (non-hydrogen) atoms. The van der Waals surface area contributed by atoms with E-state index >= 15 is 0 Å². The predicted molar refractivity (Wildman–Crippen MR) is 135 cm³/mol. The molecule has 0 aliphatic rings. The topological polar surface area (TPSA) is 217 Å².